The molecule has 0 bridgehead atoms. The second kappa shape index (κ2) is 6.11. The Labute approximate surface area is 116 Å². The predicted molar refractivity (Wildman–Crippen MR) is 72.7 cm³/mol. The number of hydrogen-bond donors (Lipinski definition) is 2. The normalized spacial score (nSPS) is 12.9. The van der Waals surface area contributed by atoms with Crippen LogP contribution in [0.25, 0.3) is 0 Å². The van der Waals surface area contributed by atoms with E-state index in [1.165, 1.54) is 12.1 Å². The molecule has 0 saturated carbocycles. The Bertz CT molecular complexity index is 560. The lowest BCUT2D eigenvalue weighted by Crippen LogP contribution is -2.30. The van der Waals surface area contributed by atoms with Crippen LogP contribution in [0.2, 0.25) is 0 Å². The zero-order valence-corrected chi connectivity index (χ0v) is 11.5. The summed E-state index contributed by atoms with van der Waals surface area (Å²) in [5, 5.41) is 4.40. The van der Waals surface area contributed by atoms with Gasteiger partial charge in [0.15, 0.2) is 0 Å². The largest absolute Gasteiger partial charge is 0.271 e. The van der Waals surface area contributed by atoms with Crippen LogP contribution in [-0.2, 0) is 6.42 Å². The van der Waals surface area contributed by atoms with Crippen LogP contribution in [0.15, 0.2) is 30.5 Å². The first kappa shape index (κ1) is 14.6. The summed E-state index contributed by atoms with van der Waals surface area (Å²) in [5.74, 6) is 4.25. The lowest BCUT2D eigenvalue weighted by atomic mass is 10.0. The second-order valence-electron chi connectivity index (χ2n) is 5.01. The molecule has 20 heavy (non-hydrogen) atoms. The van der Waals surface area contributed by atoms with Gasteiger partial charge in [0.05, 0.1) is 11.7 Å². The first-order valence-electron chi connectivity index (χ1n) is 6.45. The molecule has 3 N–H and O–H groups in total. The second-order valence-corrected chi connectivity index (χ2v) is 5.01. The van der Waals surface area contributed by atoms with Gasteiger partial charge in [-0.3, -0.25) is 16.0 Å². The third kappa shape index (κ3) is 3.40. The smallest absolute Gasteiger partial charge is 0.126 e. The van der Waals surface area contributed by atoms with Crippen LogP contribution < -0.4 is 11.3 Å². The van der Waals surface area contributed by atoms with Gasteiger partial charge in [-0.1, -0.05) is 0 Å². The maximum atomic E-state index is 13.2. The summed E-state index contributed by atoms with van der Waals surface area (Å²) in [6.45, 7) is 4.05. The van der Waals surface area contributed by atoms with Crippen molar-refractivity contribution in [3.63, 3.8) is 0 Å². The Morgan fingerprint density at radius 3 is 2.40 bits per heavy atom. The topological polar surface area (TPSA) is 55.9 Å². The number of hydrazine groups is 1. The van der Waals surface area contributed by atoms with Gasteiger partial charge in [0, 0.05) is 24.7 Å². The molecular formula is C14H18F2N4. The Hall–Kier alpha value is -1.79. The Balaban J connectivity index is 2.19. The van der Waals surface area contributed by atoms with Crippen molar-refractivity contribution in [1.82, 2.24) is 15.2 Å². The van der Waals surface area contributed by atoms with E-state index in [9.17, 15) is 8.78 Å². The molecule has 1 atom stereocenters. The van der Waals surface area contributed by atoms with Crippen LogP contribution in [0, 0.1) is 11.6 Å². The monoisotopic (exact) mass is 280 g/mol. The summed E-state index contributed by atoms with van der Waals surface area (Å²) in [6.07, 6.45) is 2.33. The lowest BCUT2D eigenvalue weighted by molar-refractivity contribution is 0.502. The van der Waals surface area contributed by atoms with Gasteiger partial charge in [-0.25, -0.2) is 8.78 Å². The van der Waals surface area contributed by atoms with Crippen LogP contribution in [0.5, 0.6) is 0 Å². The molecule has 0 amide bonds. The van der Waals surface area contributed by atoms with Gasteiger partial charge in [0.25, 0.3) is 0 Å². The Morgan fingerprint density at radius 1 is 1.25 bits per heavy atom. The summed E-state index contributed by atoms with van der Waals surface area (Å²) >= 11 is 0. The van der Waals surface area contributed by atoms with Crippen LogP contribution >= 0.6 is 0 Å². The summed E-state index contributed by atoms with van der Waals surface area (Å²) in [4.78, 5) is 0. The van der Waals surface area contributed by atoms with E-state index in [4.69, 9.17) is 5.84 Å². The van der Waals surface area contributed by atoms with Crippen LogP contribution in [0.1, 0.15) is 37.2 Å². The van der Waals surface area contributed by atoms with Crippen LogP contribution in [-0.4, -0.2) is 9.78 Å². The van der Waals surface area contributed by atoms with Gasteiger partial charge in [-0.15, -0.1) is 0 Å². The number of rotatable bonds is 5. The average Bonchev–Trinajstić information content (AvgIpc) is 2.83. The molecule has 0 fully saturated rings. The number of nitrogens with zero attached hydrogens (tertiary/aromatic N) is 2. The fraction of sp³-hybridized carbons (Fsp3) is 0.357. The SMILES string of the molecule is CC(C)n1ccc(CC(NN)c2cc(F)cc(F)c2)n1. The molecule has 1 aromatic carbocycles. The minimum Gasteiger partial charge on any atom is -0.271 e. The first-order chi connectivity index (χ1) is 9.49. The third-order valence-corrected chi connectivity index (χ3v) is 3.09. The van der Waals surface area contributed by atoms with E-state index in [1.807, 2.05) is 30.8 Å². The van der Waals surface area contributed by atoms with Crippen molar-refractivity contribution < 1.29 is 8.78 Å². The third-order valence-electron chi connectivity index (χ3n) is 3.09. The van der Waals surface area contributed by atoms with Gasteiger partial charge < -0.3 is 0 Å². The quantitative estimate of drug-likeness (QED) is 0.653. The molecule has 108 valence electrons. The molecule has 0 spiro atoms. The van der Waals surface area contributed by atoms with E-state index >= 15 is 0 Å². The zero-order valence-electron chi connectivity index (χ0n) is 11.5. The van der Waals surface area contributed by atoms with Crippen molar-refractivity contribution in [2.75, 3.05) is 0 Å². The Kier molecular flexibility index (Phi) is 4.46. The van der Waals surface area contributed by atoms with Gasteiger partial charge in [-0.05, 0) is 37.6 Å². The molecule has 0 aliphatic heterocycles. The molecule has 1 unspecified atom stereocenters. The Morgan fingerprint density at radius 2 is 1.90 bits per heavy atom. The van der Waals surface area contributed by atoms with Gasteiger partial charge in [0.2, 0.25) is 0 Å². The van der Waals surface area contributed by atoms with E-state index in [2.05, 4.69) is 10.5 Å². The molecule has 6 heteroatoms. The lowest BCUT2D eigenvalue weighted by Gasteiger charge is -2.15. The van der Waals surface area contributed by atoms with Crippen molar-refractivity contribution in [2.45, 2.75) is 32.4 Å². The van der Waals surface area contributed by atoms with Crippen molar-refractivity contribution in [1.29, 1.82) is 0 Å². The number of aromatic nitrogens is 2. The predicted octanol–water partition coefficient (Wildman–Crippen LogP) is 2.49. The zero-order chi connectivity index (χ0) is 14.7. The van der Waals surface area contributed by atoms with Gasteiger partial charge in [-0.2, -0.15) is 5.10 Å². The average molecular weight is 280 g/mol. The minimum atomic E-state index is -0.618. The molecule has 2 rings (SSSR count). The van der Waals surface area contributed by atoms with Crippen molar-refractivity contribution in [3.8, 4) is 0 Å². The highest BCUT2D eigenvalue weighted by atomic mass is 19.1. The van der Waals surface area contributed by atoms with Crippen molar-refractivity contribution in [3.05, 3.63) is 53.4 Å². The highest BCUT2D eigenvalue weighted by Gasteiger charge is 2.15. The fourth-order valence-corrected chi connectivity index (χ4v) is 2.03. The molecule has 0 aliphatic carbocycles. The van der Waals surface area contributed by atoms with E-state index in [1.54, 1.807) is 0 Å². The summed E-state index contributed by atoms with van der Waals surface area (Å²) in [7, 11) is 0. The molecule has 1 aromatic heterocycles. The molecule has 0 radical (unpaired) electrons. The van der Waals surface area contributed by atoms with E-state index in [-0.39, 0.29) is 6.04 Å². The maximum absolute atomic E-state index is 13.2. The molecule has 4 nitrogen and oxygen atoms in total. The summed E-state index contributed by atoms with van der Waals surface area (Å²) in [5.41, 5.74) is 3.85. The maximum Gasteiger partial charge on any atom is 0.126 e. The molecule has 1 heterocycles. The van der Waals surface area contributed by atoms with E-state index in [0.29, 0.717) is 12.0 Å². The number of halogens is 2. The van der Waals surface area contributed by atoms with Crippen LogP contribution in [0.4, 0.5) is 8.78 Å². The van der Waals surface area contributed by atoms with E-state index < -0.39 is 17.7 Å². The number of benzene rings is 1. The molecule has 0 saturated heterocycles. The van der Waals surface area contributed by atoms with Crippen molar-refractivity contribution in [2.24, 2.45) is 5.84 Å². The highest BCUT2D eigenvalue weighted by Crippen LogP contribution is 2.19. The summed E-state index contributed by atoms with van der Waals surface area (Å²) < 4.78 is 28.3. The molecular weight excluding hydrogens is 262 g/mol. The summed E-state index contributed by atoms with van der Waals surface area (Å²) in [6, 6.07) is 5.13. The highest BCUT2D eigenvalue weighted by molar-refractivity contribution is 5.23. The van der Waals surface area contributed by atoms with E-state index in [0.717, 1.165) is 11.8 Å². The first-order valence-corrected chi connectivity index (χ1v) is 6.45. The number of nitrogens with one attached hydrogen (secondary N) is 1. The minimum absolute atomic E-state index is 0.264. The standard InChI is InChI=1S/C14H18F2N4/c1-9(2)20-4-3-13(19-20)8-14(18-17)10-5-11(15)7-12(16)6-10/h3-7,9,14,18H,8,17H2,1-2H3. The number of nitrogens with two attached hydrogens (primary N) is 1. The van der Waals surface area contributed by atoms with Gasteiger partial charge >= 0.3 is 0 Å². The van der Waals surface area contributed by atoms with Gasteiger partial charge in [0.1, 0.15) is 11.6 Å². The number of hydrogen-bond acceptors (Lipinski definition) is 3. The molecule has 2 aromatic rings. The molecule has 0 aliphatic rings. The van der Waals surface area contributed by atoms with Crippen LogP contribution in [0.3, 0.4) is 0 Å². The van der Waals surface area contributed by atoms with Crippen molar-refractivity contribution >= 4 is 0 Å². The fourth-order valence-electron chi connectivity index (χ4n) is 2.03.